The molecule has 3 rings (SSSR count). The van der Waals surface area contributed by atoms with Gasteiger partial charge in [0.15, 0.2) is 11.5 Å². The molecule has 1 aromatic heterocycles. The smallest absolute Gasteiger partial charge is 0.162 e. The van der Waals surface area contributed by atoms with Crippen molar-refractivity contribution in [3.8, 4) is 11.5 Å². The quantitative estimate of drug-likeness (QED) is 0.608. The number of fused-ring (bicyclic) bond motifs is 1. The molecule has 2 heterocycles. The van der Waals surface area contributed by atoms with Crippen LogP contribution in [-0.2, 0) is 5.75 Å². The van der Waals surface area contributed by atoms with Crippen molar-refractivity contribution in [2.75, 3.05) is 13.2 Å². The molecule has 2 aromatic rings. The van der Waals surface area contributed by atoms with Crippen molar-refractivity contribution in [3.05, 3.63) is 39.8 Å². The monoisotopic (exact) mass is 366 g/mol. The first-order valence-corrected chi connectivity index (χ1v) is 8.43. The largest absolute Gasteiger partial charge is 0.486 e. The maximum atomic E-state index is 5.63. The number of aromatic nitrogens is 2. The van der Waals surface area contributed by atoms with E-state index < -0.39 is 0 Å². The number of ether oxygens (including phenoxy) is 2. The van der Waals surface area contributed by atoms with Crippen LogP contribution in [0.5, 0.6) is 11.5 Å². The molecule has 0 saturated heterocycles. The number of hydrogen-bond donors (Lipinski definition) is 0. The first-order chi connectivity index (χ1) is 10.1. The molecule has 6 heteroatoms. The van der Waals surface area contributed by atoms with Gasteiger partial charge in [0.05, 0.1) is 0 Å². The van der Waals surface area contributed by atoms with Crippen LogP contribution in [-0.4, -0.2) is 23.2 Å². The van der Waals surface area contributed by atoms with Crippen molar-refractivity contribution < 1.29 is 9.47 Å². The van der Waals surface area contributed by atoms with Crippen LogP contribution in [0.1, 0.15) is 17.1 Å². The lowest BCUT2D eigenvalue weighted by atomic mass is 10.2. The van der Waals surface area contributed by atoms with E-state index in [4.69, 9.17) is 9.47 Å². The van der Waals surface area contributed by atoms with Gasteiger partial charge in [-0.1, -0.05) is 15.9 Å². The molecular formula is C15H15BrN2O2S. The molecular weight excluding hydrogens is 352 g/mol. The molecule has 0 spiro atoms. The van der Waals surface area contributed by atoms with Crippen LogP contribution in [0.2, 0.25) is 0 Å². The van der Waals surface area contributed by atoms with Crippen molar-refractivity contribution >= 4 is 27.7 Å². The van der Waals surface area contributed by atoms with Crippen LogP contribution in [0.25, 0.3) is 0 Å². The number of hydrogen-bond acceptors (Lipinski definition) is 5. The Morgan fingerprint density at radius 2 is 1.81 bits per heavy atom. The molecule has 1 aliphatic rings. The third kappa shape index (κ3) is 3.49. The zero-order valence-corrected chi connectivity index (χ0v) is 14.3. The Bertz CT molecular complexity index is 659. The number of nitrogens with zero attached hydrogens (tertiary/aromatic N) is 2. The molecule has 1 aliphatic heterocycles. The molecule has 0 radical (unpaired) electrons. The highest BCUT2D eigenvalue weighted by molar-refractivity contribution is 9.10. The maximum absolute atomic E-state index is 5.63. The molecule has 0 fully saturated rings. The summed E-state index contributed by atoms with van der Waals surface area (Å²) in [5.74, 6) is 3.23. The maximum Gasteiger partial charge on any atom is 0.162 e. The standard InChI is InChI=1S/C15H15BrN2O2S/c1-9-5-15(18-10(2)17-9)21-8-11-6-13-14(7-12(11)16)20-4-3-19-13/h5-7H,3-4,8H2,1-2H3. The normalized spacial score (nSPS) is 13.3. The molecule has 0 unspecified atom stereocenters. The fraction of sp³-hybridized carbons (Fsp3) is 0.333. The van der Waals surface area contributed by atoms with E-state index in [1.54, 1.807) is 11.8 Å². The molecule has 0 saturated carbocycles. The molecule has 0 amide bonds. The highest BCUT2D eigenvalue weighted by Gasteiger charge is 2.15. The van der Waals surface area contributed by atoms with Gasteiger partial charge in [0.1, 0.15) is 24.1 Å². The third-order valence-electron chi connectivity index (χ3n) is 3.03. The Labute approximate surface area is 136 Å². The number of rotatable bonds is 3. The number of thioether (sulfide) groups is 1. The van der Waals surface area contributed by atoms with Crippen molar-refractivity contribution in [1.82, 2.24) is 9.97 Å². The lowest BCUT2D eigenvalue weighted by molar-refractivity contribution is 0.171. The zero-order chi connectivity index (χ0) is 14.8. The van der Waals surface area contributed by atoms with E-state index in [0.29, 0.717) is 13.2 Å². The SMILES string of the molecule is Cc1cc(SCc2cc3c(cc2Br)OCCO3)nc(C)n1. The van der Waals surface area contributed by atoms with E-state index in [-0.39, 0.29) is 0 Å². The van der Waals surface area contributed by atoms with Crippen LogP contribution in [0.4, 0.5) is 0 Å². The van der Waals surface area contributed by atoms with Crippen LogP contribution >= 0.6 is 27.7 Å². The molecule has 0 N–H and O–H groups in total. The van der Waals surface area contributed by atoms with Crippen LogP contribution < -0.4 is 9.47 Å². The van der Waals surface area contributed by atoms with Gasteiger partial charge < -0.3 is 9.47 Å². The number of aryl methyl sites for hydroxylation is 2. The van der Waals surface area contributed by atoms with Gasteiger partial charge in [-0.05, 0) is 37.6 Å². The van der Waals surface area contributed by atoms with Crippen molar-refractivity contribution in [3.63, 3.8) is 0 Å². The minimum Gasteiger partial charge on any atom is -0.486 e. The lowest BCUT2D eigenvalue weighted by Crippen LogP contribution is -2.15. The van der Waals surface area contributed by atoms with E-state index in [1.165, 1.54) is 0 Å². The molecule has 0 aliphatic carbocycles. The molecule has 21 heavy (non-hydrogen) atoms. The van der Waals surface area contributed by atoms with Crippen LogP contribution in [0.3, 0.4) is 0 Å². The van der Waals surface area contributed by atoms with E-state index in [1.807, 2.05) is 32.0 Å². The third-order valence-corrected chi connectivity index (χ3v) is 4.73. The highest BCUT2D eigenvalue weighted by atomic mass is 79.9. The average molecular weight is 367 g/mol. The summed E-state index contributed by atoms with van der Waals surface area (Å²) < 4.78 is 12.2. The van der Waals surface area contributed by atoms with E-state index in [9.17, 15) is 0 Å². The van der Waals surface area contributed by atoms with Gasteiger partial charge >= 0.3 is 0 Å². The van der Waals surface area contributed by atoms with Gasteiger partial charge in [0.25, 0.3) is 0 Å². The highest BCUT2D eigenvalue weighted by Crippen LogP contribution is 2.37. The predicted octanol–water partition coefficient (Wildman–Crippen LogP) is 3.92. The summed E-state index contributed by atoms with van der Waals surface area (Å²) >= 11 is 5.29. The molecule has 0 atom stereocenters. The summed E-state index contributed by atoms with van der Waals surface area (Å²) in [6.07, 6.45) is 0. The summed E-state index contributed by atoms with van der Waals surface area (Å²) in [5.41, 5.74) is 2.16. The molecule has 4 nitrogen and oxygen atoms in total. The van der Waals surface area contributed by atoms with Crippen molar-refractivity contribution in [1.29, 1.82) is 0 Å². The van der Waals surface area contributed by atoms with Crippen molar-refractivity contribution in [2.24, 2.45) is 0 Å². The second-order valence-electron chi connectivity index (χ2n) is 4.77. The Morgan fingerprint density at radius 3 is 2.52 bits per heavy atom. The Balaban J connectivity index is 1.78. The second kappa shape index (κ2) is 6.23. The van der Waals surface area contributed by atoms with Gasteiger partial charge in [-0.2, -0.15) is 0 Å². The summed E-state index contributed by atoms with van der Waals surface area (Å²) in [6.45, 7) is 5.11. The average Bonchev–Trinajstić information content (AvgIpc) is 2.44. The summed E-state index contributed by atoms with van der Waals surface area (Å²) in [4.78, 5) is 8.74. The summed E-state index contributed by atoms with van der Waals surface area (Å²) in [6, 6.07) is 6.01. The van der Waals surface area contributed by atoms with Gasteiger partial charge in [-0.15, -0.1) is 11.8 Å². The van der Waals surface area contributed by atoms with E-state index in [2.05, 4.69) is 25.9 Å². The topological polar surface area (TPSA) is 44.2 Å². The van der Waals surface area contributed by atoms with Gasteiger partial charge in [-0.25, -0.2) is 9.97 Å². The van der Waals surface area contributed by atoms with Gasteiger partial charge in [-0.3, -0.25) is 0 Å². The van der Waals surface area contributed by atoms with Gasteiger partial charge in [0.2, 0.25) is 0 Å². The second-order valence-corrected chi connectivity index (χ2v) is 6.62. The first-order valence-electron chi connectivity index (χ1n) is 6.65. The minimum atomic E-state index is 0.603. The number of benzene rings is 1. The Hall–Kier alpha value is -1.27. The van der Waals surface area contributed by atoms with Crippen molar-refractivity contribution in [2.45, 2.75) is 24.6 Å². The van der Waals surface area contributed by atoms with Crippen LogP contribution in [0.15, 0.2) is 27.7 Å². The Kier molecular flexibility index (Phi) is 4.35. The molecule has 1 aromatic carbocycles. The van der Waals surface area contributed by atoms with Gasteiger partial charge in [0, 0.05) is 15.9 Å². The predicted molar refractivity (Wildman–Crippen MR) is 86.2 cm³/mol. The van der Waals surface area contributed by atoms with E-state index >= 15 is 0 Å². The van der Waals surface area contributed by atoms with E-state index in [0.717, 1.165) is 43.8 Å². The lowest BCUT2D eigenvalue weighted by Gasteiger charge is -2.19. The zero-order valence-electron chi connectivity index (χ0n) is 11.9. The number of halogens is 1. The summed E-state index contributed by atoms with van der Waals surface area (Å²) in [7, 11) is 0. The minimum absolute atomic E-state index is 0.603. The summed E-state index contributed by atoms with van der Waals surface area (Å²) in [5, 5.41) is 0.988. The Morgan fingerprint density at radius 1 is 1.10 bits per heavy atom. The fourth-order valence-corrected chi connectivity index (χ4v) is 3.77. The fourth-order valence-electron chi connectivity index (χ4n) is 2.13. The van der Waals surface area contributed by atoms with Crippen LogP contribution in [0, 0.1) is 13.8 Å². The first kappa shape index (κ1) is 14.7. The molecule has 0 bridgehead atoms. The molecule has 110 valence electrons.